The van der Waals surface area contributed by atoms with Crippen LogP contribution >= 0.6 is 15.9 Å². The van der Waals surface area contributed by atoms with E-state index >= 15 is 0 Å². The molecule has 21 heavy (non-hydrogen) atoms. The number of fused-ring (bicyclic) bond motifs is 1. The van der Waals surface area contributed by atoms with Crippen LogP contribution in [0.4, 0.5) is 8.78 Å². The van der Waals surface area contributed by atoms with Crippen molar-refractivity contribution < 1.29 is 13.9 Å². The predicted octanol–water partition coefficient (Wildman–Crippen LogP) is 2.98. The lowest BCUT2D eigenvalue weighted by Crippen LogP contribution is -2.05. The fraction of sp³-hybridized carbons (Fsp3) is 0.0714. The van der Waals surface area contributed by atoms with Gasteiger partial charge in [0.2, 0.25) is 0 Å². The van der Waals surface area contributed by atoms with E-state index in [-0.39, 0.29) is 11.3 Å². The van der Waals surface area contributed by atoms with Gasteiger partial charge in [0.1, 0.15) is 6.10 Å². The van der Waals surface area contributed by atoms with E-state index in [9.17, 15) is 18.7 Å². The van der Waals surface area contributed by atoms with E-state index in [1.807, 2.05) is 0 Å². The Hall–Kier alpha value is -1.99. The molecular weight excluding hydrogens is 346 g/mol. The second-order valence-electron chi connectivity index (χ2n) is 4.54. The molecule has 0 saturated carbocycles. The van der Waals surface area contributed by atoms with Crippen molar-refractivity contribution in [2.75, 3.05) is 0 Å². The molecule has 2 aromatic carbocycles. The van der Waals surface area contributed by atoms with Gasteiger partial charge >= 0.3 is 5.69 Å². The number of halogens is 3. The standard InChI is InChI=1S/C14H9BrF2N2O2/c15-8-5-11-10(18-14(21)19-11)4-7(8)13(20)6-2-1-3-9(16)12(6)17/h1-5,13,20H,(H2,18,19,21). The van der Waals surface area contributed by atoms with Gasteiger partial charge in [-0.3, -0.25) is 0 Å². The van der Waals surface area contributed by atoms with Crippen molar-refractivity contribution in [1.29, 1.82) is 0 Å². The second-order valence-corrected chi connectivity index (χ2v) is 5.40. The van der Waals surface area contributed by atoms with Crippen LogP contribution in [0.3, 0.4) is 0 Å². The number of imidazole rings is 1. The maximum atomic E-state index is 13.8. The van der Waals surface area contributed by atoms with Crippen LogP contribution < -0.4 is 5.69 Å². The SMILES string of the molecule is O=c1[nH]c2cc(Br)c(C(O)c3cccc(F)c3F)cc2[nH]1. The van der Waals surface area contributed by atoms with E-state index in [1.54, 1.807) is 6.07 Å². The summed E-state index contributed by atoms with van der Waals surface area (Å²) in [6.07, 6.45) is -1.36. The van der Waals surface area contributed by atoms with Gasteiger partial charge in [0, 0.05) is 15.6 Å². The lowest BCUT2D eigenvalue weighted by molar-refractivity contribution is 0.212. The number of H-pyrrole nitrogens is 2. The molecule has 0 fully saturated rings. The average molecular weight is 355 g/mol. The van der Waals surface area contributed by atoms with Gasteiger partial charge in [0.05, 0.1) is 11.0 Å². The molecule has 7 heteroatoms. The Balaban J connectivity index is 2.16. The highest BCUT2D eigenvalue weighted by atomic mass is 79.9. The molecule has 0 amide bonds. The van der Waals surface area contributed by atoms with Crippen molar-refractivity contribution in [2.24, 2.45) is 0 Å². The fourth-order valence-corrected chi connectivity index (χ4v) is 2.74. The van der Waals surface area contributed by atoms with Crippen molar-refractivity contribution in [1.82, 2.24) is 9.97 Å². The number of nitrogens with one attached hydrogen (secondary N) is 2. The molecule has 0 aliphatic rings. The van der Waals surface area contributed by atoms with Crippen molar-refractivity contribution in [3.63, 3.8) is 0 Å². The number of aromatic nitrogens is 2. The summed E-state index contributed by atoms with van der Waals surface area (Å²) < 4.78 is 27.5. The molecule has 108 valence electrons. The summed E-state index contributed by atoms with van der Waals surface area (Å²) in [6, 6.07) is 6.70. The van der Waals surface area contributed by atoms with E-state index in [0.29, 0.717) is 21.1 Å². The number of rotatable bonds is 2. The maximum Gasteiger partial charge on any atom is 0.323 e. The first-order chi connectivity index (χ1) is 9.97. The fourth-order valence-electron chi connectivity index (χ4n) is 2.18. The third-order valence-electron chi connectivity index (χ3n) is 3.20. The van der Waals surface area contributed by atoms with Gasteiger partial charge in [-0.2, -0.15) is 0 Å². The second kappa shape index (κ2) is 5.09. The van der Waals surface area contributed by atoms with Crippen LogP contribution in [-0.4, -0.2) is 15.1 Å². The summed E-state index contributed by atoms with van der Waals surface area (Å²) in [5.41, 5.74) is 0.771. The van der Waals surface area contributed by atoms with Gasteiger partial charge in [0.25, 0.3) is 0 Å². The normalized spacial score (nSPS) is 12.8. The van der Waals surface area contributed by atoms with Crippen LogP contribution in [0.1, 0.15) is 17.2 Å². The van der Waals surface area contributed by atoms with Crippen molar-refractivity contribution in [3.8, 4) is 0 Å². The largest absolute Gasteiger partial charge is 0.384 e. The van der Waals surface area contributed by atoms with Gasteiger partial charge in [0.15, 0.2) is 11.6 Å². The highest BCUT2D eigenvalue weighted by Crippen LogP contribution is 2.32. The molecule has 0 spiro atoms. The van der Waals surface area contributed by atoms with Crippen LogP contribution in [0.2, 0.25) is 0 Å². The predicted molar refractivity (Wildman–Crippen MR) is 77.0 cm³/mol. The molecule has 3 aromatic rings. The van der Waals surface area contributed by atoms with E-state index in [2.05, 4.69) is 25.9 Å². The molecule has 0 saturated heterocycles. The molecule has 3 N–H and O–H groups in total. The Kier molecular flexibility index (Phi) is 3.38. The average Bonchev–Trinajstić information content (AvgIpc) is 2.79. The first-order valence-corrected chi connectivity index (χ1v) is 6.80. The third kappa shape index (κ3) is 2.38. The Bertz CT molecular complexity index is 888. The molecule has 1 heterocycles. The number of hydrogen-bond acceptors (Lipinski definition) is 2. The molecule has 1 unspecified atom stereocenters. The lowest BCUT2D eigenvalue weighted by Gasteiger charge is -2.14. The summed E-state index contributed by atoms with van der Waals surface area (Å²) in [4.78, 5) is 16.4. The van der Waals surface area contributed by atoms with E-state index in [1.165, 1.54) is 18.2 Å². The zero-order valence-electron chi connectivity index (χ0n) is 10.5. The zero-order chi connectivity index (χ0) is 15.1. The van der Waals surface area contributed by atoms with Crippen molar-refractivity contribution in [2.45, 2.75) is 6.10 Å². The summed E-state index contributed by atoms with van der Waals surface area (Å²) in [5.74, 6) is -2.13. The summed E-state index contributed by atoms with van der Waals surface area (Å²) in [5, 5.41) is 10.3. The van der Waals surface area contributed by atoms with Crippen LogP contribution in [0.25, 0.3) is 11.0 Å². The van der Waals surface area contributed by atoms with Gasteiger partial charge in [-0.05, 0) is 18.2 Å². The molecule has 1 atom stereocenters. The van der Waals surface area contributed by atoms with Gasteiger partial charge < -0.3 is 15.1 Å². The Morgan fingerprint density at radius 2 is 1.76 bits per heavy atom. The molecule has 0 aliphatic heterocycles. The van der Waals surface area contributed by atoms with Crippen molar-refractivity contribution in [3.05, 3.63) is 68.1 Å². The number of hydrogen-bond donors (Lipinski definition) is 3. The molecule has 1 aromatic heterocycles. The van der Waals surface area contributed by atoms with Crippen LogP contribution in [0.15, 0.2) is 39.6 Å². The number of aliphatic hydroxyl groups is 1. The van der Waals surface area contributed by atoms with E-state index < -0.39 is 17.7 Å². The highest BCUT2D eigenvalue weighted by molar-refractivity contribution is 9.10. The lowest BCUT2D eigenvalue weighted by atomic mass is 10.0. The van der Waals surface area contributed by atoms with E-state index in [4.69, 9.17) is 0 Å². The minimum absolute atomic E-state index is 0.173. The summed E-state index contributed by atoms with van der Waals surface area (Å²) >= 11 is 3.26. The number of benzene rings is 2. The molecular formula is C14H9BrF2N2O2. The molecule has 0 aliphatic carbocycles. The van der Waals surface area contributed by atoms with Crippen LogP contribution in [-0.2, 0) is 0 Å². The number of aromatic amines is 2. The zero-order valence-corrected chi connectivity index (χ0v) is 12.0. The van der Waals surface area contributed by atoms with Crippen molar-refractivity contribution >= 4 is 27.0 Å². The molecule has 4 nitrogen and oxygen atoms in total. The Morgan fingerprint density at radius 3 is 2.48 bits per heavy atom. The minimum Gasteiger partial charge on any atom is -0.384 e. The third-order valence-corrected chi connectivity index (χ3v) is 3.89. The summed E-state index contributed by atoms with van der Waals surface area (Å²) in [7, 11) is 0. The van der Waals surface area contributed by atoms with Crippen LogP contribution in [0, 0.1) is 11.6 Å². The highest BCUT2D eigenvalue weighted by Gasteiger charge is 2.20. The first-order valence-electron chi connectivity index (χ1n) is 6.01. The molecule has 0 radical (unpaired) electrons. The quantitative estimate of drug-likeness (QED) is 0.662. The first kappa shape index (κ1) is 14.0. The molecule has 0 bridgehead atoms. The topological polar surface area (TPSA) is 68.9 Å². The smallest absolute Gasteiger partial charge is 0.323 e. The van der Waals surface area contributed by atoms with Gasteiger partial charge in [-0.1, -0.05) is 28.1 Å². The Morgan fingerprint density at radius 1 is 1.10 bits per heavy atom. The van der Waals surface area contributed by atoms with Gasteiger partial charge in [-0.25, -0.2) is 13.6 Å². The number of aliphatic hydroxyl groups excluding tert-OH is 1. The van der Waals surface area contributed by atoms with E-state index in [0.717, 1.165) is 6.07 Å². The van der Waals surface area contributed by atoms with Gasteiger partial charge in [-0.15, -0.1) is 0 Å². The summed E-state index contributed by atoms with van der Waals surface area (Å²) in [6.45, 7) is 0. The van der Waals surface area contributed by atoms with Crippen LogP contribution in [0.5, 0.6) is 0 Å². The monoisotopic (exact) mass is 354 g/mol. The molecule has 3 rings (SSSR count). The maximum absolute atomic E-state index is 13.8. The Labute approximate surface area is 125 Å². The minimum atomic E-state index is -1.36.